The van der Waals surface area contributed by atoms with Crippen molar-refractivity contribution >= 4 is 14.4 Å². The summed E-state index contributed by atoms with van der Waals surface area (Å²) in [5.74, 6) is -0.703. The van der Waals surface area contributed by atoms with Crippen LogP contribution in [0.1, 0.15) is 0 Å². The molecule has 0 saturated heterocycles. The van der Waals surface area contributed by atoms with Gasteiger partial charge in [0.1, 0.15) is 0 Å². The maximum Gasteiger partial charge on any atom is 0.365 e. The monoisotopic (exact) mass is 163 g/mol. The number of aliphatic hydroxyl groups excluding tert-OH is 1. The van der Waals surface area contributed by atoms with E-state index in [4.69, 9.17) is 5.11 Å². The molecule has 4 nitrogen and oxygen atoms in total. The van der Waals surface area contributed by atoms with Crippen molar-refractivity contribution in [3.05, 3.63) is 12.2 Å². The first-order valence-corrected chi connectivity index (χ1v) is 3.64. The normalized spacial score (nSPS) is 9.30. The van der Waals surface area contributed by atoms with Gasteiger partial charge in [0.15, 0.2) is 0 Å². The van der Waals surface area contributed by atoms with Crippen molar-refractivity contribution in [3.63, 3.8) is 0 Å². The Morgan fingerprint density at radius 3 is 2.70 bits per heavy atom. The van der Waals surface area contributed by atoms with Crippen LogP contribution in [0.25, 0.3) is 0 Å². The molecule has 0 aromatic rings. The highest BCUT2D eigenvalue weighted by atomic mass is 31.1. The van der Waals surface area contributed by atoms with E-state index in [1.54, 1.807) is 0 Å². The highest BCUT2D eigenvalue weighted by Crippen LogP contribution is 1.97. The van der Waals surface area contributed by atoms with Crippen molar-refractivity contribution in [2.75, 3.05) is 13.0 Å². The lowest BCUT2D eigenvalue weighted by atomic mass is 10.3. The van der Waals surface area contributed by atoms with Gasteiger partial charge < -0.3 is 9.84 Å². The maximum atomic E-state index is 10.5. The zero-order valence-electron chi connectivity index (χ0n) is 5.29. The topological polar surface area (TPSA) is 63.6 Å². The van der Waals surface area contributed by atoms with E-state index in [1.807, 2.05) is 0 Å². The van der Waals surface area contributed by atoms with Crippen LogP contribution in [0, 0.1) is 0 Å². The van der Waals surface area contributed by atoms with Gasteiger partial charge in [0.2, 0.25) is 0 Å². The summed E-state index contributed by atoms with van der Waals surface area (Å²) in [5, 5.41) is 8.33. The zero-order valence-corrected chi connectivity index (χ0v) is 6.29. The van der Waals surface area contributed by atoms with Gasteiger partial charge in [-0.3, -0.25) is 0 Å². The lowest BCUT2D eigenvalue weighted by Crippen LogP contribution is -2.08. The van der Waals surface area contributed by atoms with Gasteiger partial charge in [-0.2, -0.15) is 0 Å². The molecule has 0 radical (unpaired) electrons. The van der Waals surface area contributed by atoms with Crippen LogP contribution < -0.4 is 0 Å². The largest absolute Gasteiger partial charge is 0.416 e. The second-order valence-corrected chi connectivity index (χ2v) is 2.06. The molecule has 5 heteroatoms. The number of aliphatic hydroxyl groups is 1. The van der Waals surface area contributed by atoms with Crippen molar-refractivity contribution in [1.29, 1.82) is 0 Å². The molecule has 1 unspecified atom stereocenters. The van der Waals surface area contributed by atoms with E-state index in [-0.39, 0.29) is 11.9 Å². The summed E-state index contributed by atoms with van der Waals surface area (Å²) < 4.78 is 14.1. The summed E-state index contributed by atoms with van der Waals surface area (Å²) in [6.07, 6.45) is -0.141. The van der Waals surface area contributed by atoms with Crippen molar-refractivity contribution in [2.24, 2.45) is 0 Å². The number of rotatable bonds is 4. The van der Waals surface area contributed by atoms with E-state index in [9.17, 15) is 9.36 Å². The molecule has 0 aliphatic carbocycles. The predicted molar refractivity (Wildman–Crippen MR) is 36.2 cm³/mol. The minimum atomic E-state index is -0.703. The van der Waals surface area contributed by atoms with E-state index >= 15 is 0 Å². The second-order valence-electron chi connectivity index (χ2n) is 1.48. The Bertz CT molecular complexity index is 154. The van der Waals surface area contributed by atoms with E-state index in [0.29, 0.717) is 0 Å². The summed E-state index contributed by atoms with van der Waals surface area (Å²) in [6, 6.07) is 0. The van der Waals surface area contributed by atoms with Crippen LogP contribution in [0.15, 0.2) is 12.2 Å². The minimum Gasteiger partial charge on any atom is -0.416 e. The van der Waals surface area contributed by atoms with Crippen LogP contribution in [0.4, 0.5) is 0 Å². The van der Waals surface area contributed by atoms with Gasteiger partial charge in [-0.05, 0) is 0 Å². The Hall–Kier alpha value is -0.730. The molecule has 0 fully saturated rings. The van der Waals surface area contributed by atoms with Crippen LogP contribution in [0.2, 0.25) is 0 Å². The molecular weight excluding hydrogens is 155 g/mol. The Kier molecular flexibility index (Phi) is 4.72. The third kappa shape index (κ3) is 3.33. The second kappa shape index (κ2) is 5.09. The molecule has 1 N–H and O–H groups in total. The Balaban J connectivity index is 3.62. The predicted octanol–water partition coefficient (Wildman–Crippen LogP) is 0.0596. The fourth-order valence-electron chi connectivity index (χ4n) is 0.262. The summed E-state index contributed by atoms with van der Waals surface area (Å²) in [6.45, 7) is 2.77. The zero-order chi connectivity index (χ0) is 7.98. The van der Waals surface area contributed by atoms with Gasteiger partial charge in [0.05, 0.1) is 12.2 Å². The molecule has 0 aromatic heterocycles. The average molecular weight is 163 g/mol. The fraction of sp³-hybridized carbons (Fsp3) is 0.400. The standard InChI is InChI=1S/C5H7O4P/c1-4(2-6)5(7)9-3-10-8/h6H,1-3H2/p+1. The van der Waals surface area contributed by atoms with E-state index in [1.165, 1.54) is 0 Å². The molecule has 0 spiro atoms. The number of hydrogen-bond acceptors (Lipinski definition) is 4. The van der Waals surface area contributed by atoms with Crippen LogP contribution >= 0.6 is 8.46 Å². The van der Waals surface area contributed by atoms with Crippen molar-refractivity contribution in [2.45, 2.75) is 0 Å². The number of carbonyl (C=O) groups is 1. The fourth-order valence-corrected chi connectivity index (χ4v) is 0.452. The van der Waals surface area contributed by atoms with Gasteiger partial charge in [-0.25, -0.2) is 4.79 Å². The van der Waals surface area contributed by atoms with Crippen molar-refractivity contribution in [3.8, 4) is 0 Å². The molecule has 0 heterocycles. The molecule has 0 bridgehead atoms. The SMILES string of the molecule is C=C(CO)C(=O)OC[PH+]=O. The van der Waals surface area contributed by atoms with Crippen LogP contribution in [0.5, 0.6) is 0 Å². The third-order valence-electron chi connectivity index (χ3n) is 0.742. The van der Waals surface area contributed by atoms with E-state index < -0.39 is 21.0 Å². The average Bonchev–Trinajstić information content (AvgIpc) is 1.98. The summed E-state index contributed by atoms with van der Waals surface area (Å²) in [4.78, 5) is 10.5. The first-order valence-electron chi connectivity index (χ1n) is 2.53. The lowest BCUT2D eigenvalue weighted by molar-refractivity contribution is -0.137. The molecule has 0 saturated carbocycles. The van der Waals surface area contributed by atoms with Crippen LogP contribution in [0.3, 0.4) is 0 Å². The van der Waals surface area contributed by atoms with Gasteiger partial charge in [-0.15, -0.1) is 0 Å². The molecular formula is C5H8O4P+. The maximum absolute atomic E-state index is 10.5. The van der Waals surface area contributed by atoms with Crippen LogP contribution in [-0.2, 0) is 14.1 Å². The molecule has 0 aromatic carbocycles. The molecule has 0 rings (SSSR count). The molecule has 56 valence electrons. The molecule has 1 atom stereocenters. The third-order valence-corrected chi connectivity index (χ3v) is 1.00. The van der Waals surface area contributed by atoms with Crippen LogP contribution in [-0.4, -0.2) is 24.0 Å². The quantitative estimate of drug-likeness (QED) is 0.361. The minimum absolute atomic E-state index is 0.0294. The molecule has 10 heavy (non-hydrogen) atoms. The van der Waals surface area contributed by atoms with Crippen molar-refractivity contribution < 1.29 is 19.2 Å². The Labute approximate surface area is 59.7 Å². The first kappa shape index (κ1) is 9.27. The van der Waals surface area contributed by atoms with E-state index in [0.717, 1.165) is 0 Å². The van der Waals surface area contributed by atoms with E-state index in [2.05, 4.69) is 11.3 Å². The molecule has 0 aliphatic rings. The number of esters is 1. The summed E-state index contributed by atoms with van der Waals surface area (Å²) in [7, 11) is -0.671. The molecule has 0 aliphatic heterocycles. The summed E-state index contributed by atoms with van der Waals surface area (Å²) in [5.41, 5.74) is -0.0294. The number of carbonyl (C=O) groups excluding carboxylic acids is 1. The van der Waals surface area contributed by atoms with Gasteiger partial charge >= 0.3 is 14.4 Å². The number of hydrogen-bond donors (Lipinski definition) is 1. The highest BCUT2D eigenvalue weighted by Gasteiger charge is 2.07. The van der Waals surface area contributed by atoms with Gasteiger partial charge in [0, 0.05) is 0 Å². The number of ether oxygens (including phenoxy) is 1. The Morgan fingerprint density at radius 2 is 2.30 bits per heavy atom. The lowest BCUT2D eigenvalue weighted by Gasteiger charge is -1.96. The smallest absolute Gasteiger partial charge is 0.365 e. The van der Waals surface area contributed by atoms with Gasteiger partial charge in [-0.1, -0.05) is 11.1 Å². The molecule has 0 amide bonds. The summed E-state index contributed by atoms with van der Waals surface area (Å²) >= 11 is 0. The van der Waals surface area contributed by atoms with Gasteiger partial charge in [0.25, 0.3) is 6.35 Å². The first-order chi connectivity index (χ1) is 4.72. The van der Waals surface area contributed by atoms with Crippen molar-refractivity contribution in [1.82, 2.24) is 0 Å². The highest BCUT2D eigenvalue weighted by molar-refractivity contribution is 7.23. The Morgan fingerprint density at radius 1 is 1.70 bits per heavy atom.